The predicted octanol–water partition coefficient (Wildman–Crippen LogP) is 2.68. The molecule has 0 spiro atoms. The molecule has 0 radical (unpaired) electrons. The highest BCUT2D eigenvalue weighted by atomic mass is 79.9. The van der Waals surface area contributed by atoms with Crippen LogP contribution in [-0.2, 0) is 0 Å². The monoisotopic (exact) mass is 306 g/mol. The van der Waals surface area contributed by atoms with Gasteiger partial charge < -0.3 is 10.4 Å². The van der Waals surface area contributed by atoms with E-state index in [0.29, 0.717) is 6.42 Å². The second kappa shape index (κ2) is 5.92. The van der Waals surface area contributed by atoms with Crippen molar-refractivity contribution < 1.29 is 14.4 Å². The number of halogens is 2. The van der Waals surface area contributed by atoms with E-state index >= 15 is 0 Å². The number of hydrogen-bond acceptors (Lipinski definition) is 4. The maximum Gasteiger partial charge on any atom is 0.293 e. The summed E-state index contributed by atoms with van der Waals surface area (Å²) < 4.78 is 13.3. The Morgan fingerprint density at radius 2 is 2.29 bits per heavy atom. The van der Waals surface area contributed by atoms with Crippen LogP contribution in [0.5, 0.6) is 0 Å². The molecule has 17 heavy (non-hydrogen) atoms. The van der Waals surface area contributed by atoms with Crippen LogP contribution < -0.4 is 5.32 Å². The normalized spacial score (nSPS) is 12.2. The lowest BCUT2D eigenvalue weighted by Crippen LogP contribution is -2.23. The summed E-state index contributed by atoms with van der Waals surface area (Å²) in [6.45, 7) is 1.64. The van der Waals surface area contributed by atoms with Crippen LogP contribution in [0.2, 0.25) is 0 Å². The number of nitrogens with zero attached hydrogens (tertiary/aromatic N) is 1. The lowest BCUT2D eigenvalue weighted by molar-refractivity contribution is -0.384. The minimum Gasteiger partial charge on any atom is -0.394 e. The van der Waals surface area contributed by atoms with Crippen LogP contribution in [0.25, 0.3) is 0 Å². The fourth-order valence-electron chi connectivity index (χ4n) is 1.30. The van der Waals surface area contributed by atoms with Gasteiger partial charge in [0.2, 0.25) is 0 Å². The van der Waals surface area contributed by atoms with Crippen LogP contribution in [0.15, 0.2) is 16.6 Å². The number of nitro benzene ring substituents is 1. The van der Waals surface area contributed by atoms with E-state index in [1.807, 2.05) is 6.92 Å². The average molecular weight is 307 g/mol. The van der Waals surface area contributed by atoms with Crippen molar-refractivity contribution in [2.45, 2.75) is 19.4 Å². The molecule has 0 aliphatic rings. The van der Waals surface area contributed by atoms with Gasteiger partial charge in [0, 0.05) is 18.2 Å². The lowest BCUT2D eigenvalue weighted by Gasteiger charge is -2.15. The number of aliphatic hydroxyl groups is 1. The smallest absolute Gasteiger partial charge is 0.293 e. The Morgan fingerprint density at radius 1 is 1.65 bits per heavy atom. The van der Waals surface area contributed by atoms with Crippen molar-refractivity contribution in [2.24, 2.45) is 0 Å². The van der Waals surface area contributed by atoms with E-state index in [9.17, 15) is 14.5 Å². The number of aliphatic hydroxyl groups excluding tert-OH is 1. The molecule has 1 aromatic carbocycles. The Kier molecular flexibility index (Phi) is 4.83. The summed E-state index contributed by atoms with van der Waals surface area (Å²) in [5.41, 5.74) is -0.165. The van der Waals surface area contributed by atoms with Crippen LogP contribution in [0.4, 0.5) is 15.8 Å². The summed E-state index contributed by atoms with van der Waals surface area (Å²) in [5.74, 6) is -0.592. The van der Waals surface area contributed by atoms with Gasteiger partial charge in [-0.2, -0.15) is 0 Å². The zero-order chi connectivity index (χ0) is 13.0. The molecule has 0 aliphatic carbocycles. The van der Waals surface area contributed by atoms with Crippen molar-refractivity contribution >= 4 is 27.3 Å². The highest BCUT2D eigenvalue weighted by molar-refractivity contribution is 9.10. The molecule has 1 aromatic rings. The molecule has 1 atom stereocenters. The number of hydrogen-bond donors (Lipinski definition) is 2. The second-order valence-corrected chi connectivity index (χ2v) is 4.33. The minimum atomic E-state index is -0.601. The zero-order valence-electron chi connectivity index (χ0n) is 9.11. The molecule has 5 nitrogen and oxygen atoms in total. The Bertz CT molecular complexity index is 424. The van der Waals surface area contributed by atoms with Gasteiger partial charge in [0.05, 0.1) is 16.0 Å². The molecule has 0 aromatic heterocycles. The topological polar surface area (TPSA) is 75.4 Å². The SMILES string of the molecule is CCC(CO)Nc1cc(F)c(Br)cc1[N+](=O)[O-]. The van der Waals surface area contributed by atoms with Crippen LogP contribution in [-0.4, -0.2) is 22.7 Å². The van der Waals surface area contributed by atoms with Crippen molar-refractivity contribution in [1.82, 2.24) is 0 Å². The molecular weight excluding hydrogens is 295 g/mol. The highest BCUT2D eigenvalue weighted by Crippen LogP contribution is 2.31. The average Bonchev–Trinajstić information content (AvgIpc) is 2.29. The van der Waals surface area contributed by atoms with Gasteiger partial charge in [-0.25, -0.2) is 4.39 Å². The quantitative estimate of drug-likeness (QED) is 0.648. The maximum atomic E-state index is 13.3. The van der Waals surface area contributed by atoms with E-state index < -0.39 is 10.7 Å². The molecule has 1 unspecified atom stereocenters. The van der Waals surface area contributed by atoms with E-state index in [1.165, 1.54) is 0 Å². The summed E-state index contributed by atoms with van der Waals surface area (Å²) in [6.07, 6.45) is 0.575. The van der Waals surface area contributed by atoms with Gasteiger partial charge in [-0.1, -0.05) is 6.92 Å². The van der Waals surface area contributed by atoms with Crippen molar-refractivity contribution in [3.8, 4) is 0 Å². The molecule has 7 heteroatoms. The van der Waals surface area contributed by atoms with Crippen molar-refractivity contribution in [1.29, 1.82) is 0 Å². The Hall–Kier alpha value is -1.21. The lowest BCUT2D eigenvalue weighted by atomic mass is 10.2. The van der Waals surface area contributed by atoms with Crippen LogP contribution in [0.3, 0.4) is 0 Å². The minimum absolute atomic E-state index is 0.0341. The standard InChI is InChI=1S/C10H12BrFN2O3/c1-2-6(5-15)13-9-4-8(12)7(11)3-10(9)14(16)17/h3-4,6,13,15H,2,5H2,1H3. The number of nitrogens with one attached hydrogen (secondary N) is 1. The first kappa shape index (κ1) is 13.9. The number of anilines is 1. The fourth-order valence-corrected chi connectivity index (χ4v) is 1.63. The maximum absolute atomic E-state index is 13.3. The molecule has 0 heterocycles. The summed E-state index contributed by atoms with van der Waals surface area (Å²) >= 11 is 2.89. The summed E-state index contributed by atoms with van der Waals surface area (Å²) in [6, 6.07) is 1.80. The van der Waals surface area contributed by atoms with E-state index in [0.717, 1.165) is 12.1 Å². The molecule has 0 saturated carbocycles. The molecule has 0 aliphatic heterocycles. The summed E-state index contributed by atoms with van der Waals surface area (Å²) in [4.78, 5) is 10.2. The largest absolute Gasteiger partial charge is 0.394 e. The van der Waals surface area contributed by atoms with Crippen molar-refractivity contribution in [2.75, 3.05) is 11.9 Å². The summed E-state index contributed by atoms with van der Waals surface area (Å²) in [7, 11) is 0. The molecule has 2 N–H and O–H groups in total. The Balaban J connectivity index is 3.12. The third-order valence-corrected chi connectivity index (χ3v) is 2.92. The zero-order valence-corrected chi connectivity index (χ0v) is 10.7. The van der Waals surface area contributed by atoms with Gasteiger partial charge in [-0.05, 0) is 22.4 Å². The van der Waals surface area contributed by atoms with Gasteiger partial charge in [0.25, 0.3) is 5.69 Å². The van der Waals surface area contributed by atoms with Gasteiger partial charge >= 0.3 is 0 Å². The third kappa shape index (κ3) is 3.37. The Labute approximate surface area is 106 Å². The first-order valence-electron chi connectivity index (χ1n) is 5.00. The molecule has 1 rings (SSSR count). The van der Waals surface area contributed by atoms with Crippen LogP contribution in [0, 0.1) is 15.9 Å². The summed E-state index contributed by atoms with van der Waals surface area (Å²) in [5, 5.41) is 22.6. The molecule has 0 bridgehead atoms. The first-order chi connectivity index (χ1) is 7.99. The van der Waals surface area contributed by atoms with E-state index in [2.05, 4.69) is 21.2 Å². The van der Waals surface area contributed by atoms with Gasteiger partial charge in [-0.15, -0.1) is 0 Å². The molecule has 0 saturated heterocycles. The predicted molar refractivity (Wildman–Crippen MR) is 65.5 cm³/mol. The first-order valence-corrected chi connectivity index (χ1v) is 5.79. The highest BCUT2D eigenvalue weighted by Gasteiger charge is 2.19. The number of nitro groups is 1. The number of rotatable bonds is 5. The van der Waals surface area contributed by atoms with E-state index in [4.69, 9.17) is 5.11 Å². The van der Waals surface area contributed by atoms with Gasteiger partial charge in [-0.3, -0.25) is 10.1 Å². The second-order valence-electron chi connectivity index (χ2n) is 3.47. The van der Waals surface area contributed by atoms with Crippen molar-refractivity contribution in [3.63, 3.8) is 0 Å². The third-order valence-electron chi connectivity index (χ3n) is 2.31. The van der Waals surface area contributed by atoms with Gasteiger partial charge in [0.15, 0.2) is 0 Å². The molecule has 0 amide bonds. The number of benzene rings is 1. The molecule has 94 valence electrons. The van der Waals surface area contributed by atoms with Crippen LogP contribution >= 0.6 is 15.9 Å². The van der Waals surface area contributed by atoms with E-state index in [-0.39, 0.29) is 28.5 Å². The van der Waals surface area contributed by atoms with Gasteiger partial charge in [0.1, 0.15) is 11.5 Å². The molecule has 0 fully saturated rings. The fraction of sp³-hybridized carbons (Fsp3) is 0.400. The van der Waals surface area contributed by atoms with Crippen molar-refractivity contribution in [3.05, 3.63) is 32.5 Å². The van der Waals surface area contributed by atoms with Crippen LogP contribution in [0.1, 0.15) is 13.3 Å². The molecular formula is C10H12BrFN2O3. The Morgan fingerprint density at radius 3 is 2.76 bits per heavy atom. The van der Waals surface area contributed by atoms with E-state index in [1.54, 1.807) is 0 Å².